The summed E-state index contributed by atoms with van der Waals surface area (Å²) in [5.41, 5.74) is 2.11. The Morgan fingerprint density at radius 1 is 1.03 bits per heavy atom. The van der Waals surface area contributed by atoms with Crippen LogP contribution in [0.4, 0.5) is 0 Å². The largest absolute Gasteiger partial charge is 0.350 e. The number of hydrogen-bond donors (Lipinski definition) is 1. The highest BCUT2D eigenvalue weighted by molar-refractivity contribution is 7.03. The van der Waals surface area contributed by atoms with Crippen LogP contribution in [0.5, 0.6) is 0 Å². The van der Waals surface area contributed by atoms with E-state index in [0.717, 1.165) is 48.3 Å². The van der Waals surface area contributed by atoms with E-state index in [2.05, 4.69) is 14.9 Å². The minimum Gasteiger partial charge on any atom is -0.350 e. The molecule has 4 rings (SSSR count). The number of aromatic nitrogens is 2. The average Bonchev–Trinajstić information content (AvgIpc) is 3.51. The van der Waals surface area contributed by atoms with Crippen LogP contribution in [0.1, 0.15) is 53.3 Å². The first-order chi connectivity index (χ1) is 14.7. The molecule has 1 atom stereocenters. The Morgan fingerprint density at radius 3 is 2.33 bits per heavy atom. The maximum atomic E-state index is 13.5. The molecule has 3 aromatic rings. The third-order valence-electron chi connectivity index (χ3n) is 5.48. The predicted molar refractivity (Wildman–Crippen MR) is 116 cm³/mol. The number of benzene rings is 2. The van der Waals surface area contributed by atoms with E-state index in [4.69, 9.17) is 0 Å². The van der Waals surface area contributed by atoms with Crippen LogP contribution in [0.25, 0.3) is 0 Å². The number of amides is 2. The number of nitrogens with one attached hydrogen (secondary N) is 1. The van der Waals surface area contributed by atoms with E-state index in [-0.39, 0.29) is 17.9 Å². The summed E-state index contributed by atoms with van der Waals surface area (Å²) in [6.07, 6.45) is 3.88. The fourth-order valence-electron chi connectivity index (χ4n) is 4.02. The SMILES string of the molecule is O=C(NCc1ccccc1)[C@@H](c1ccccc1)N(C(=O)c1csnn1)C1CCCC1. The molecule has 0 saturated heterocycles. The maximum absolute atomic E-state index is 13.5. The lowest BCUT2D eigenvalue weighted by Gasteiger charge is -2.35. The molecule has 1 aliphatic carbocycles. The molecule has 30 heavy (non-hydrogen) atoms. The van der Waals surface area contributed by atoms with Gasteiger partial charge in [0.15, 0.2) is 5.69 Å². The van der Waals surface area contributed by atoms with Crippen molar-refractivity contribution in [2.75, 3.05) is 0 Å². The molecule has 7 heteroatoms. The van der Waals surface area contributed by atoms with Crippen molar-refractivity contribution in [3.8, 4) is 0 Å². The zero-order valence-corrected chi connectivity index (χ0v) is 17.4. The first-order valence-electron chi connectivity index (χ1n) is 10.2. The van der Waals surface area contributed by atoms with Gasteiger partial charge >= 0.3 is 0 Å². The molecule has 1 aromatic heterocycles. The van der Waals surface area contributed by atoms with Crippen LogP contribution in [-0.4, -0.2) is 32.3 Å². The first kappa shape index (κ1) is 20.2. The fraction of sp³-hybridized carbons (Fsp3) is 0.304. The van der Waals surface area contributed by atoms with Crippen molar-refractivity contribution in [2.24, 2.45) is 0 Å². The molecule has 2 amide bonds. The van der Waals surface area contributed by atoms with Gasteiger partial charge in [-0.1, -0.05) is 78.0 Å². The molecule has 1 aliphatic rings. The molecule has 6 nitrogen and oxygen atoms in total. The van der Waals surface area contributed by atoms with Gasteiger partial charge in [-0.05, 0) is 35.5 Å². The monoisotopic (exact) mass is 420 g/mol. The standard InChI is InChI=1S/C23H24N4O2S/c28-22(24-15-17-9-3-1-4-10-17)21(18-11-5-2-6-12-18)27(19-13-7-8-14-19)23(29)20-16-30-26-25-20/h1-6,9-12,16,19,21H,7-8,13-15H2,(H,24,28)/t21-/m1/s1. The van der Waals surface area contributed by atoms with E-state index < -0.39 is 6.04 Å². The Hall–Kier alpha value is -3.06. The normalized spacial score (nSPS) is 14.9. The van der Waals surface area contributed by atoms with Gasteiger partial charge in [0.1, 0.15) is 6.04 Å². The van der Waals surface area contributed by atoms with Crippen LogP contribution < -0.4 is 5.32 Å². The quantitative estimate of drug-likeness (QED) is 0.627. The van der Waals surface area contributed by atoms with E-state index in [9.17, 15) is 9.59 Å². The van der Waals surface area contributed by atoms with Gasteiger partial charge in [-0.25, -0.2) is 0 Å². The average molecular weight is 421 g/mol. The van der Waals surface area contributed by atoms with Crippen LogP contribution >= 0.6 is 11.5 Å². The van der Waals surface area contributed by atoms with Gasteiger partial charge < -0.3 is 10.2 Å². The van der Waals surface area contributed by atoms with Gasteiger partial charge in [-0.15, -0.1) is 5.10 Å². The summed E-state index contributed by atoms with van der Waals surface area (Å²) in [6, 6.07) is 18.6. The second kappa shape index (κ2) is 9.63. The van der Waals surface area contributed by atoms with Gasteiger partial charge in [0, 0.05) is 18.0 Å². The van der Waals surface area contributed by atoms with Crippen LogP contribution in [0.15, 0.2) is 66.0 Å². The lowest BCUT2D eigenvalue weighted by molar-refractivity contribution is -0.126. The molecule has 1 saturated carbocycles. The number of carbonyl (C=O) groups is 2. The summed E-state index contributed by atoms with van der Waals surface area (Å²) in [7, 11) is 0. The number of rotatable bonds is 7. The summed E-state index contributed by atoms with van der Waals surface area (Å²) in [6.45, 7) is 0.411. The van der Waals surface area contributed by atoms with Crippen molar-refractivity contribution in [1.82, 2.24) is 19.8 Å². The van der Waals surface area contributed by atoms with Crippen molar-refractivity contribution in [3.05, 3.63) is 82.9 Å². The summed E-state index contributed by atoms with van der Waals surface area (Å²) in [4.78, 5) is 28.6. The van der Waals surface area contributed by atoms with Crippen LogP contribution in [0.3, 0.4) is 0 Å². The summed E-state index contributed by atoms with van der Waals surface area (Å²) >= 11 is 1.14. The highest BCUT2D eigenvalue weighted by Gasteiger charge is 2.38. The summed E-state index contributed by atoms with van der Waals surface area (Å²) in [5.74, 6) is -0.423. The Labute approximate surface area is 180 Å². The third-order valence-corrected chi connectivity index (χ3v) is 5.99. The Morgan fingerprint density at radius 2 is 1.70 bits per heavy atom. The highest BCUT2D eigenvalue weighted by atomic mass is 32.1. The van der Waals surface area contributed by atoms with E-state index in [1.807, 2.05) is 60.7 Å². The lowest BCUT2D eigenvalue weighted by atomic mass is 10.0. The van der Waals surface area contributed by atoms with Crippen molar-refractivity contribution in [2.45, 2.75) is 44.3 Å². The number of nitrogens with zero attached hydrogens (tertiary/aromatic N) is 3. The molecule has 0 unspecified atom stereocenters. The molecule has 0 aliphatic heterocycles. The minimum atomic E-state index is -0.716. The molecule has 154 valence electrons. The molecule has 0 bridgehead atoms. The molecular weight excluding hydrogens is 396 g/mol. The maximum Gasteiger partial charge on any atom is 0.276 e. The Bertz CT molecular complexity index is 957. The van der Waals surface area contributed by atoms with E-state index in [1.54, 1.807) is 10.3 Å². The molecule has 1 heterocycles. The van der Waals surface area contributed by atoms with E-state index in [1.165, 1.54) is 0 Å². The Kier molecular flexibility index (Phi) is 6.49. The van der Waals surface area contributed by atoms with Crippen molar-refractivity contribution in [1.29, 1.82) is 0 Å². The van der Waals surface area contributed by atoms with Crippen molar-refractivity contribution < 1.29 is 9.59 Å². The summed E-state index contributed by atoms with van der Waals surface area (Å²) < 4.78 is 3.85. The zero-order valence-electron chi connectivity index (χ0n) is 16.6. The number of carbonyl (C=O) groups excluding carboxylic acids is 2. The molecular formula is C23H24N4O2S. The minimum absolute atomic E-state index is 0.00637. The zero-order chi connectivity index (χ0) is 20.8. The van der Waals surface area contributed by atoms with Gasteiger partial charge in [-0.3, -0.25) is 9.59 Å². The van der Waals surface area contributed by atoms with E-state index in [0.29, 0.717) is 12.2 Å². The molecule has 1 fully saturated rings. The molecule has 0 radical (unpaired) electrons. The molecule has 2 aromatic carbocycles. The fourth-order valence-corrected chi connectivity index (χ4v) is 4.45. The second-order valence-corrected chi connectivity index (χ2v) is 8.07. The molecule has 0 spiro atoms. The van der Waals surface area contributed by atoms with Crippen LogP contribution in [-0.2, 0) is 11.3 Å². The predicted octanol–water partition coefficient (Wildman–Crippen LogP) is 3.98. The van der Waals surface area contributed by atoms with Crippen LogP contribution in [0, 0.1) is 0 Å². The smallest absolute Gasteiger partial charge is 0.276 e. The van der Waals surface area contributed by atoms with Gasteiger partial charge in [0.25, 0.3) is 5.91 Å². The van der Waals surface area contributed by atoms with Gasteiger partial charge in [0.05, 0.1) is 0 Å². The summed E-state index contributed by atoms with van der Waals surface area (Å²) in [5, 5.41) is 8.67. The van der Waals surface area contributed by atoms with E-state index >= 15 is 0 Å². The van der Waals surface area contributed by atoms with Gasteiger partial charge in [0.2, 0.25) is 5.91 Å². The van der Waals surface area contributed by atoms with Crippen LogP contribution in [0.2, 0.25) is 0 Å². The third kappa shape index (κ3) is 4.57. The van der Waals surface area contributed by atoms with Crippen molar-refractivity contribution in [3.63, 3.8) is 0 Å². The topological polar surface area (TPSA) is 75.2 Å². The van der Waals surface area contributed by atoms with Gasteiger partial charge in [-0.2, -0.15) is 0 Å². The van der Waals surface area contributed by atoms with Crippen molar-refractivity contribution >= 4 is 23.3 Å². The lowest BCUT2D eigenvalue weighted by Crippen LogP contribution is -2.48. The number of hydrogen-bond acceptors (Lipinski definition) is 5. The first-order valence-corrected chi connectivity index (χ1v) is 11.0. The highest BCUT2D eigenvalue weighted by Crippen LogP contribution is 2.33. The second-order valence-electron chi connectivity index (χ2n) is 7.46. The molecule has 1 N–H and O–H groups in total. The Balaban J connectivity index is 1.66.